The summed E-state index contributed by atoms with van der Waals surface area (Å²) >= 11 is 5.63. The third kappa shape index (κ3) is 9.18. The second-order valence-electron chi connectivity index (χ2n) is 11.8. The monoisotopic (exact) mass is 777 g/mol. The Balaban J connectivity index is 1.42. The third-order valence-electron chi connectivity index (χ3n) is 7.95. The number of H-pyrrole nitrogens is 1. The van der Waals surface area contributed by atoms with E-state index in [1.165, 1.54) is 18.6 Å². The maximum absolute atomic E-state index is 16.0. The molecule has 5 rings (SSSR count). The Morgan fingerprint density at radius 1 is 1.31 bits per heavy atom. The summed E-state index contributed by atoms with van der Waals surface area (Å²) in [4.78, 5) is 53.2. The van der Waals surface area contributed by atoms with Gasteiger partial charge in [-0.05, 0) is 24.3 Å². The zero-order valence-electron chi connectivity index (χ0n) is 27.0. The van der Waals surface area contributed by atoms with Gasteiger partial charge in [0.15, 0.2) is 23.6 Å². The molecule has 10 atom stereocenters. The molecule has 0 spiro atoms. The zero-order chi connectivity index (χ0) is 36.9. The summed E-state index contributed by atoms with van der Waals surface area (Å²) in [6.45, 7) is -2.39. The van der Waals surface area contributed by atoms with E-state index in [9.17, 15) is 24.2 Å². The number of aliphatic hydroxyl groups excluding tert-OH is 1. The predicted molar refractivity (Wildman–Crippen MR) is 177 cm³/mol. The smallest absolute Gasteiger partial charge is 0.327 e. The van der Waals surface area contributed by atoms with Crippen molar-refractivity contribution in [2.45, 2.75) is 69.6 Å². The summed E-state index contributed by atoms with van der Waals surface area (Å²) in [7, 11) is -3.62. The van der Waals surface area contributed by atoms with E-state index in [1.54, 1.807) is 13.8 Å². The topological polar surface area (TPSA) is 258 Å². The highest BCUT2D eigenvalue weighted by molar-refractivity contribution is 8.07. The number of aliphatic hydroxyl groups is 1. The van der Waals surface area contributed by atoms with Gasteiger partial charge in [0.2, 0.25) is 11.9 Å². The van der Waals surface area contributed by atoms with Crippen molar-refractivity contribution in [3.63, 3.8) is 0 Å². The van der Waals surface area contributed by atoms with Crippen molar-refractivity contribution in [1.29, 1.82) is 5.26 Å². The molecule has 1 aliphatic heterocycles. The maximum Gasteiger partial charge on any atom is 0.327 e. The van der Waals surface area contributed by atoms with E-state index in [0.29, 0.717) is 5.82 Å². The summed E-state index contributed by atoms with van der Waals surface area (Å²) in [6, 6.07) is 2.44. The van der Waals surface area contributed by atoms with Crippen LogP contribution in [0.4, 0.5) is 20.5 Å². The first kappa shape index (κ1) is 38.9. The number of nitrogens with zero attached hydrogens (tertiary/aromatic N) is 6. The first-order chi connectivity index (χ1) is 24.3. The van der Waals surface area contributed by atoms with Gasteiger partial charge in [0.25, 0.3) is 5.56 Å². The summed E-state index contributed by atoms with van der Waals surface area (Å²) in [5.74, 6) is -1.73. The van der Waals surface area contributed by atoms with Gasteiger partial charge in [-0.15, -0.1) is 0 Å². The van der Waals surface area contributed by atoms with Gasteiger partial charge in [-0.1, -0.05) is 13.8 Å². The average Bonchev–Trinajstić information content (AvgIpc) is 3.74. The quantitative estimate of drug-likeness (QED) is 0.103. The number of rotatable bonds is 16. The number of aromatic amines is 1. The number of hydrogen-bond acceptors (Lipinski definition) is 16. The van der Waals surface area contributed by atoms with Gasteiger partial charge in [0.1, 0.15) is 36.6 Å². The van der Waals surface area contributed by atoms with Crippen molar-refractivity contribution in [3.8, 4) is 6.07 Å². The lowest BCUT2D eigenvalue weighted by molar-refractivity contribution is -0.118. The van der Waals surface area contributed by atoms with Crippen LogP contribution in [0.3, 0.4) is 0 Å². The van der Waals surface area contributed by atoms with Crippen LogP contribution in [0, 0.1) is 23.2 Å². The number of hydrogen-bond donors (Lipinski definition) is 5. The third-order valence-corrected chi connectivity index (χ3v) is 10.8. The SMILES string of the molecule is CC(C)C(=O)Nc1nc2c(ncn2[C@@H]2O[C@H](CO)[C@@H](F)[C@H]2OP(=S)(OCCC#N)OC[C@H]2C[C@@H](Nc3ccncn3)[C@H](F)[C@@H]2O[PH](=O)O)c(=O)[nH]1. The fraction of sp³-hybridized carbons (Fsp3) is 0.593. The minimum absolute atomic E-state index is 0.00290. The molecule has 0 bridgehead atoms. The number of carbonyl (C=O) groups is 1. The maximum atomic E-state index is 16.0. The fourth-order valence-electron chi connectivity index (χ4n) is 5.47. The molecule has 4 heterocycles. The molecule has 3 aromatic rings. The van der Waals surface area contributed by atoms with Crippen LogP contribution in [0.25, 0.3) is 11.2 Å². The molecular weight excluding hydrogens is 742 g/mol. The number of nitriles is 1. The van der Waals surface area contributed by atoms with Gasteiger partial charge >= 0.3 is 15.0 Å². The number of fused-ring (bicyclic) bond motifs is 1. The average molecular weight is 778 g/mol. The fourth-order valence-corrected chi connectivity index (χ4v) is 8.14. The molecule has 1 saturated carbocycles. The lowest BCUT2D eigenvalue weighted by Gasteiger charge is -2.29. The molecule has 2 fully saturated rings. The molecule has 19 nitrogen and oxygen atoms in total. The van der Waals surface area contributed by atoms with E-state index >= 15 is 8.78 Å². The van der Waals surface area contributed by atoms with E-state index in [4.69, 9.17) is 39.9 Å². The number of nitrogens with one attached hydrogen (secondary N) is 3. The molecule has 2 aliphatic rings. The molecule has 51 heavy (non-hydrogen) atoms. The molecule has 1 aliphatic carbocycles. The highest BCUT2D eigenvalue weighted by atomic mass is 32.5. The molecule has 3 aromatic heterocycles. The molecule has 5 N–H and O–H groups in total. The summed E-state index contributed by atoms with van der Waals surface area (Å²) in [6.07, 6.45) is -6.29. The first-order valence-electron chi connectivity index (χ1n) is 15.5. The molecule has 278 valence electrons. The molecule has 0 radical (unpaired) electrons. The predicted octanol–water partition coefficient (Wildman–Crippen LogP) is 1.89. The summed E-state index contributed by atoms with van der Waals surface area (Å²) in [5.41, 5.74) is -1.05. The lowest BCUT2D eigenvalue weighted by Crippen LogP contribution is -2.33. The number of alkyl halides is 2. The summed E-state index contributed by atoms with van der Waals surface area (Å²) < 4.78 is 72.9. The van der Waals surface area contributed by atoms with Gasteiger partial charge in [0, 0.05) is 18.0 Å². The number of anilines is 2. The second kappa shape index (κ2) is 17.0. The van der Waals surface area contributed by atoms with Crippen LogP contribution in [-0.2, 0) is 44.0 Å². The van der Waals surface area contributed by atoms with Crippen LogP contribution in [-0.4, -0.2) is 102 Å². The molecule has 24 heteroatoms. The van der Waals surface area contributed by atoms with Crippen LogP contribution < -0.4 is 16.2 Å². The highest BCUT2D eigenvalue weighted by Gasteiger charge is 2.51. The molecular formula is C27H35F2N9O10P2S. The lowest BCUT2D eigenvalue weighted by atomic mass is 10.1. The van der Waals surface area contributed by atoms with E-state index in [2.05, 4.69) is 35.6 Å². The van der Waals surface area contributed by atoms with Crippen molar-refractivity contribution in [3.05, 3.63) is 35.3 Å². The number of aromatic nitrogens is 6. The van der Waals surface area contributed by atoms with Crippen molar-refractivity contribution in [2.24, 2.45) is 11.8 Å². The number of amides is 1. The Kier molecular flexibility index (Phi) is 12.9. The van der Waals surface area contributed by atoms with Crippen LogP contribution in [0.5, 0.6) is 0 Å². The van der Waals surface area contributed by atoms with Gasteiger partial charge in [-0.3, -0.25) is 33.5 Å². The molecule has 1 amide bonds. The minimum atomic E-state index is -4.09. The van der Waals surface area contributed by atoms with Crippen LogP contribution >= 0.6 is 15.0 Å². The molecule has 0 aromatic carbocycles. The number of carbonyl (C=O) groups excluding carboxylic acids is 1. The van der Waals surface area contributed by atoms with Gasteiger partial charge in [-0.2, -0.15) is 10.2 Å². The Morgan fingerprint density at radius 2 is 2.10 bits per heavy atom. The minimum Gasteiger partial charge on any atom is -0.394 e. The number of imidazole rings is 1. The Morgan fingerprint density at radius 3 is 2.76 bits per heavy atom. The Hall–Kier alpha value is -3.35. The standard InChI is InChI=1S/C27H35F2N9O10P2S/c1-13(2)24(40)36-27-35-23-20(25(41)37-27)33-12-38(23)26-22(19(29)16(9-39)46-26)48-50(51,44-7-3-5-30)45-10-14-8-15(18(28)21(14)47-49(42)43)34-17-4-6-31-11-32-17/h4,6,11-16,18-19,21-22,26,39,49H,3,7-10H2,1-2H3,(H,42,43)(H,31,32,34)(H2,35,36,37,40,41)/t14-,15-,16-,18+,19-,21-,22-,26-,50?/m1/s1. The first-order valence-corrected chi connectivity index (χ1v) is 19.3. The van der Waals surface area contributed by atoms with Crippen LogP contribution in [0.1, 0.15) is 32.9 Å². The Bertz CT molecular complexity index is 1850. The van der Waals surface area contributed by atoms with Crippen molar-refractivity contribution < 1.29 is 51.0 Å². The molecule has 1 saturated heterocycles. The van der Waals surface area contributed by atoms with E-state index in [0.717, 1.165) is 10.9 Å². The Labute approximate surface area is 294 Å². The van der Waals surface area contributed by atoms with Crippen molar-refractivity contribution in [1.82, 2.24) is 29.5 Å². The van der Waals surface area contributed by atoms with Crippen LogP contribution in [0.2, 0.25) is 0 Å². The van der Waals surface area contributed by atoms with E-state index < -0.39 is 94.4 Å². The van der Waals surface area contributed by atoms with Gasteiger partial charge in [0.05, 0.1) is 44.7 Å². The highest BCUT2D eigenvalue weighted by Crippen LogP contribution is 2.55. The van der Waals surface area contributed by atoms with E-state index in [-0.39, 0.29) is 36.6 Å². The van der Waals surface area contributed by atoms with Crippen LogP contribution in [0.15, 0.2) is 29.7 Å². The molecule has 2 unspecified atom stereocenters. The van der Waals surface area contributed by atoms with Crippen molar-refractivity contribution in [2.75, 3.05) is 30.5 Å². The largest absolute Gasteiger partial charge is 0.394 e. The number of halogens is 2. The van der Waals surface area contributed by atoms with Gasteiger partial charge < -0.3 is 33.6 Å². The van der Waals surface area contributed by atoms with Gasteiger partial charge in [-0.25, -0.2) is 23.7 Å². The van der Waals surface area contributed by atoms with E-state index in [1.807, 2.05) is 6.07 Å². The number of ether oxygens (including phenoxy) is 1. The normalized spacial score (nSPS) is 28.0. The summed E-state index contributed by atoms with van der Waals surface area (Å²) in [5, 5.41) is 24.4. The zero-order valence-corrected chi connectivity index (χ0v) is 29.7. The second-order valence-corrected chi connectivity index (χ2v) is 15.5. The van der Waals surface area contributed by atoms with Crippen molar-refractivity contribution >= 4 is 55.6 Å².